The van der Waals surface area contributed by atoms with E-state index in [1.165, 1.54) is 24.3 Å². The fourth-order valence-electron chi connectivity index (χ4n) is 3.55. The number of carbonyl (C=O) groups is 1. The number of carboxylic acids is 1. The molecule has 0 saturated heterocycles. The molecule has 0 aromatic heterocycles. The van der Waals surface area contributed by atoms with Crippen molar-refractivity contribution in [3.8, 4) is 0 Å². The van der Waals surface area contributed by atoms with Gasteiger partial charge in [0.1, 0.15) is 0 Å². The van der Waals surface area contributed by atoms with Crippen LogP contribution in [-0.4, -0.2) is 66.7 Å². The Hall–Kier alpha value is -1.71. The molecular weight excluding hydrogens is 485 g/mol. The van der Waals surface area contributed by atoms with E-state index in [2.05, 4.69) is 5.32 Å². The van der Waals surface area contributed by atoms with E-state index in [0.717, 1.165) is 11.1 Å². The van der Waals surface area contributed by atoms with E-state index in [-0.39, 0.29) is 51.0 Å². The molecule has 3 N–H and O–H groups in total. The van der Waals surface area contributed by atoms with Crippen LogP contribution in [-0.2, 0) is 16.3 Å². The van der Waals surface area contributed by atoms with Gasteiger partial charge in [-0.2, -0.15) is 0 Å². The van der Waals surface area contributed by atoms with Gasteiger partial charge in [0, 0.05) is 17.6 Å². The molecule has 9 heteroatoms. The van der Waals surface area contributed by atoms with Crippen molar-refractivity contribution in [2.24, 2.45) is 0 Å². The quantitative estimate of drug-likeness (QED) is 0.378. The monoisotopic (exact) mass is 511 g/mol. The number of aliphatic hydroxyl groups is 1. The summed E-state index contributed by atoms with van der Waals surface area (Å²) in [6, 6.07) is 17.8. The van der Waals surface area contributed by atoms with Crippen LogP contribution in [0.5, 0.6) is 0 Å². The van der Waals surface area contributed by atoms with Crippen LogP contribution in [0.15, 0.2) is 76.5 Å². The molecule has 0 unspecified atom stereocenters. The van der Waals surface area contributed by atoms with Crippen molar-refractivity contribution in [1.29, 1.82) is 0 Å². The Morgan fingerprint density at radius 1 is 1.06 bits per heavy atom. The van der Waals surface area contributed by atoms with Gasteiger partial charge < -0.3 is 15.5 Å². The van der Waals surface area contributed by atoms with Crippen LogP contribution >= 0.6 is 11.6 Å². The van der Waals surface area contributed by atoms with Crippen molar-refractivity contribution in [3.63, 3.8) is 0 Å². The Bertz CT molecular complexity index is 1250. The summed E-state index contributed by atoms with van der Waals surface area (Å²) in [4.78, 5) is 11.4. The normalized spacial score (nSPS) is 13.1. The summed E-state index contributed by atoms with van der Waals surface area (Å²) in [5.41, 5.74) is 2.07. The molecule has 0 amide bonds. The van der Waals surface area contributed by atoms with Gasteiger partial charge in [-0.15, -0.1) is 0 Å². The third kappa shape index (κ3) is 7.15. The molecule has 0 bridgehead atoms. The number of aliphatic hydroxyl groups excluding tert-OH is 1. The zero-order chi connectivity index (χ0) is 24.2. The van der Waals surface area contributed by atoms with Crippen LogP contribution in [0.3, 0.4) is 0 Å². The Morgan fingerprint density at radius 3 is 2.35 bits per heavy atom. The number of halogens is 1. The molecule has 0 aliphatic rings. The van der Waals surface area contributed by atoms with E-state index >= 15 is 0 Å². The van der Waals surface area contributed by atoms with Gasteiger partial charge in [-0.05, 0) is 67.8 Å². The SMILES string of the molecule is Cc1ccc(S(=O)(=O)c2ccc(C[C@@H](C)NC[C@@H](O)c3cccc(Cl)c3)cc2)c(C(=O)O)c1.[NaH]. The summed E-state index contributed by atoms with van der Waals surface area (Å²) in [6.45, 7) is 4.03. The summed E-state index contributed by atoms with van der Waals surface area (Å²) in [7, 11) is -3.97. The zero-order valence-electron chi connectivity index (χ0n) is 18.3. The van der Waals surface area contributed by atoms with E-state index in [1.54, 1.807) is 43.3 Å². The number of carboxylic acid groups (broad SMARTS) is 1. The van der Waals surface area contributed by atoms with E-state index in [1.807, 2.05) is 13.0 Å². The van der Waals surface area contributed by atoms with Gasteiger partial charge in [0.15, 0.2) is 0 Å². The molecule has 2 atom stereocenters. The van der Waals surface area contributed by atoms with E-state index < -0.39 is 21.9 Å². The van der Waals surface area contributed by atoms with Crippen molar-refractivity contribution in [3.05, 3.63) is 94.0 Å². The number of rotatable bonds is 9. The summed E-state index contributed by atoms with van der Waals surface area (Å²) in [5.74, 6) is -1.28. The average molecular weight is 512 g/mol. The summed E-state index contributed by atoms with van der Waals surface area (Å²) in [6.07, 6.45) is -0.0790. The first-order chi connectivity index (χ1) is 15.6. The first-order valence-corrected chi connectivity index (χ1v) is 12.3. The Labute approximate surface area is 227 Å². The summed E-state index contributed by atoms with van der Waals surface area (Å²) >= 11 is 5.97. The van der Waals surface area contributed by atoms with Gasteiger partial charge in [-0.25, -0.2) is 13.2 Å². The summed E-state index contributed by atoms with van der Waals surface area (Å²) in [5, 5.41) is 23.6. The molecular formula is C25H27ClNNaO5S. The zero-order valence-corrected chi connectivity index (χ0v) is 19.9. The minimum atomic E-state index is -3.97. The van der Waals surface area contributed by atoms with E-state index in [4.69, 9.17) is 11.6 Å². The van der Waals surface area contributed by atoms with Crippen molar-refractivity contribution in [2.75, 3.05) is 6.54 Å². The van der Waals surface area contributed by atoms with Gasteiger partial charge in [0.25, 0.3) is 0 Å². The maximum atomic E-state index is 13.0. The fourth-order valence-corrected chi connectivity index (χ4v) is 5.18. The third-order valence-corrected chi connectivity index (χ3v) is 7.39. The minimum absolute atomic E-state index is 0. The summed E-state index contributed by atoms with van der Waals surface area (Å²) < 4.78 is 26.1. The Kier molecular flexibility index (Phi) is 10.3. The number of sulfone groups is 1. The number of aromatic carboxylic acids is 1. The number of aryl methyl sites for hydroxylation is 1. The van der Waals surface area contributed by atoms with E-state index in [0.29, 0.717) is 23.6 Å². The molecule has 0 aliphatic heterocycles. The van der Waals surface area contributed by atoms with Crippen LogP contribution in [0.2, 0.25) is 5.02 Å². The predicted octanol–water partition coefficient (Wildman–Crippen LogP) is 3.79. The predicted molar refractivity (Wildman–Crippen MR) is 135 cm³/mol. The van der Waals surface area contributed by atoms with Gasteiger partial charge in [0.05, 0.1) is 21.5 Å². The number of benzene rings is 3. The van der Waals surface area contributed by atoms with Crippen molar-refractivity contribution >= 4 is 57.0 Å². The second-order valence-electron chi connectivity index (χ2n) is 8.04. The van der Waals surface area contributed by atoms with Crippen molar-refractivity contribution < 1.29 is 23.4 Å². The topological polar surface area (TPSA) is 104 Å². The number of hydrogen-bond acceptors (Lipinski definition) is 5. The third-order valence-electron chi connectivity index (χ3n) is 5.32. The molecule has 0 heterocycles. The second kappa shape index (κ2) is 12.3. The molecule has 0 radical (unpaired) electrons. The molecule has 3 aromatic carbocycles. The van der Waals surface area contributed by atoms with Crippen molar-refractivity contribution in [2.45, 2.75) is 42.2 Å². The molecule has 34 heavy (non-hydrogen) atoms. The molecule has 176 valence electrons. The van der Waals surface area contributed by atoms with Crippen LogP contribution in [0.1, 0.15) is 40.1 Å². The standard InChI is InChI=1S/C25H26ClNO5S.Na.H/c1-16-6-11-24(22(12-16)25(29)30)33(31,32)21-9-7-18(8-10-21)13-17(2)27-15-23(28)19-4-3-5-20(26)14-19;;/h3-12,14,17,23,27-28H,13,15H2,1-2H3,(H,29,30);;/t17-,23-;;/m1../s1. The molecule has 3 aromatic rings. The molecule has 0 spiro atoms. The van der Waals surface area contributed by atoms with Crippen LogP contribution < -0.4 is 5.32 Å². The fraction of sp³-hybridized carbons (Fsp3) is 0.240. The molecule has 0 fully saturated rings. The van der Waals surface area contributed by atoms with Gasteiger partial charge in [-0.3, -0.25) is 0 Å². The second-order valence-corrected chi connectivity index (χ2v) is 10.4. The molecule has 6 nitrogen and oxygen atoms in total. The van der Waals surface area contributed by atoms with Gasteiger partial charge >= 0.3 is 35.5 Å². The van der Waals surface area contributed by atoms with Crippen LogP contribution in [0.25, 0.3) is 0 Å². The first kappa shape index (κ1) is 28.5. The average Bonchev–Trinajstić information content (AvgIpc) is 2.77. The van der Waals surface area contributed by atoms with E-state index in [9.17, 15) is 23.4 Å². The van der Waals surface area contributed by atoms with Crippen LogP contribution in [0, 0.1) is 6.92 Å². The Balaban J connectivity index is 0.00000408. The van der Waals surface area contributed by atoms with Gasteiger partial charge in [-0.1, -0.05) is 47.5 Å². The molecule has 3 rings (SSSR count). The maximum absolute atomic E-state index is 13.0. The molecule has 0 aliphatic carbocycles. The molecule has 0 saturated carbocycles. The van der Waals surface area contributed by atoms with Crippen molar-refractivity contribution in [1.82, 2.24) is 5.32 Å². The number of hydrogen-bond donors (Lipinski definition) is 3. The first-order valence-electron chi connectivity index (χ1n) is 10.4. The van der Waals surface area contributed by atoms with Crippen LogP contribution in [0.4, 0.5) is 0 Å². The van der Waals surface area contributed by atoms with Gasteiger partial charge in [0.2, 0.25) is 9.84 Å². The number of nitrogens with one attached hydrogen (secondary N) is 1. The Morgan fingerprint density at radius 2 is 1.74 bits per heavy atom.